The molecule has 0 aliphatic rings. The van der Waals surface area contributed by atoms with Gasteiger partial charge in [-0.15, -0.1) is 0 Å². The van der Waals surface area contributed by atoms with E-state index in [0.29, 0.717) is 12.8 Å². The van der Waals surface area contributed by atoms with Crippen molar-refractivity contribution >= 4 is 5.97 Å². The van der Waals surface area contributed by atoms with E-state index in [9.17, 15) is 9.90 Å². The van der Waals surface area contributed by atoms with Crippen molar-refractivity contribution in [2.45, 2.75) is 32.3 Å². The monoisotopic (exact) mass is 154 g/mol. The molecule has 10 heavy (non-hydrogen) atoms. The van der Waals surface area contributed by atoms with E-state index in [1.807, 2.05) is 0 Å². The largest absolute Gasteiger partial charge is 1.00 e. The van der Waals surface area contributed by atoms with Gasteiger partial charge in [0.05, 0.1) is 6.10 Å². The van der Waals surface area contributed by atoms with Crippen LogP contribution in [0.15, 0.2) is 0 Å². The number of hydrogen-bond donors (Lipinski definition) is 1. The fourth-order valence-corrected chi connectivity index (χ4v) is 0.489. The summed E-state index contributed by atoms with van der Waals surface area (Å²) in [5.74, 6) is -1.09. The minimum absolute atomic E-state index is 0. The smallest absolute Gasteiger partial charge is 0.550 e. The Morgan fingerprint density at radius 1 is 1.70 bits per heavy atom. The van der Waals surface area contributed by atoms with Gasteiger partial charge in [-0.25, -0.2) is 0 Å². The molecule has 54 valence electrons. The zero-order valence-electron chi connectivity index (χ0n) is 6.46. The number of rotatable bonds is 4. The van der Waals surface area contributed by atoms with E-state index in [1.165, 1.54) is 0 Å². The van der Waals surface area contributed by atoms with Crippen LogP contribution >= 0.6 is 0 Å². The number of carboxylic acids is 1. The number of carbonyl (C=O) groups excluding carboxylic acids is 1. The predicted octanol–water partition coefficient (Wildman–Crippen LogP) is -3.71. The van der Waals surface area contributed by atoms with Crippen molar-refractivity contribution in [3.05, 3.63) is 0 Å². The molecule has 1 N–H and O–H groups in total. The third-order valence-corrected chi connectivity index (χ3v) is 1.15. The van der Waals surface area contributed by atoms with Crippen LogP contribution in [-0.2, 0) is 4.79 Å². The molecule has 0 aliphatic heterocycles. The van der Waals surface area contributed by atoms with Crippen molar-refractivity contribution in [2.75, 3.05) is 0 Å². The molecule has 0 spiro atoms. The maximum Gasteiger partial charge on any atom is 1.00 e. The normalized spacial score (nSPS) is 11.8. The van der Waals surface area contributed by atoms with Gasteiger partial charge in [-0.1, -0.05) is 6.92 Å². The molecule has 0 heterocycles. The van der Waals surface area contributed by atoms with Crippen LogP contribution in [0.4, 0.5) is 0 Å². The van der Waals surface area contributed by atoms with Crippen LogP contribution in [0.25, 0.3) is 0 Å². The molecule has 0 fully saturated rings. The molecule has 0 saturated carbocycles. The van der Waals surface area contributed by atoms with Gasteiger partial charge in [0.15, 0.2) is 0 Å². The molecule has 3 nitrogen and oxygen atoms in total. The van der Waals surface area contributed by atoms with Crippen molar-refractivity contribution < 1.29 is 44.6 Å². The summed E-state index contributed by atoms with van der Waals surface area (Å²) in [5, 5.41) is 18.6. The molecule has 0 bridgehead atoms. The van der Waals surface area contributed by atoms with Gasteiger partial charge < -0.3 is 15.0 Å². The second kappa shape index (κ2) is 7.54. The van der Waals surface area contributed by atoms with Crippen LogP contribution in [0.2, 0.25) is 0 Å². The maximum absolute atomic E-state index is 9.80. The summed E-state index contributed by atoms with van der Waals surface area (Å²) < 4.78 is 0. The first-order valence-electron chi connectivity index (χ1n) is 3.04. The van der Waals surface area contributed by atoms with Crippen LogP contribution in [0.3, 0.4) is 0 Å². The van der Waals surface area contributed by atoms with Gasteiger partial charge >= 0.3 is 29.6 Å². The van der Waals surface area contributed by atoms with Gasteiger partial charge in [-0.05, 0) is 19.3 Å². The van der Waals surface area contributed by atoms with E-state index in [0.717, 1.165) is 0 Å². The first-order chi connectivity index (χ1) is 4.16. The van der Waals surface area contributed by atoms with Crippen molar-refractivity contribution in [3.63, 3.8) is 0 Å². The summed E-state index contributed by atoms with van der Waals surface area (Å²) in [6.45, 7) is 1.81. The van der Waals surface area contributed by atoms with E-state index < -0.39 is 12.1 Å². The molecule has 1 atom stereocenters. The minimum atomic E-state index is -1.09. The Morgan fingerprint density at radius 3 is 2.50 bits per heavy atom. The second-order valence-electron chi connectivity index (χ2n) is 1.97. The molecule has 0 rings (SSSR count). The van der Waals surface area contributed by atoms with Crippen LogP contribution in [0, 0.1) is 0 Å². The Kier molecular flexibility index (Phi) is 9.84. The SMILES string of the molecule is CCC(O)CCC(=O)[O-].[Na+]. The number of hydrogen-bond acceptors (Lipinski definition) is 3. The quantitative estimate of drug-likeness (QED) is 0.424. The first kappa shape index (κ1) is 13.1. The molecule has 0 aliphatic carbocycles. The molecule has 0 aromatic heterocycles. The summed E-state index contributed by atoms with van der Waals surface area (Å²) in [7, 11) is 0. The second-order valence-corrected chi connectivity index (χ2v) is 1.97. The molecule has 4 heteroatoms. The van der Waals surface area contributed by atoms with Gasteiger partial charge in [0.25, 0.3) is 0 Å². The van der Waals surface area contributed by atoms with E-state index in [1.54, 1.807) is 6.92 Å². The van der Waals surface area contributed by atoms with Crippen LogP contribution in [-0.4, -0.2) is 17.2 Å². The van der Waals surface area contributed by atoms with Gasteiger partial charge in [0.2, 0.25) is 0 Å². The molecule has 0 aromatic carbocycles. The molecule has 0 radical (unpaired) electrons. The van der Waals surface area contributed by atoms with E-state index in [-0.39, 0.29) is 36.0 Å². The maximum atomic E-state index is 9.80. The summed E-state index contributed by atoms with van der Waals surface area (Å²) in [6.07, 6.45) is 0.379. The van der Waals surface area contributed by atoms with Crippen LogP contribution in [0.5, 0.6) is 0 Å². The number of carboxylic acid groups (broad SMARTS) is 1. The Labute approximate surface area is 82.7 Å². The van der Waals surface area contributed by atoms with Crippen LogP contribution in [0.1, 0.15) is 26.2 Å². The summed E-state index contributed by atoms with van der Waals surface area (Å²) in [6, 6.07) is 0. The van der Waals surface area contributed by atoms with E-state index in [4.69, 9.17) is 5.11 Å². The molecule has 0 amide bonds. The molecular formula is C6H11NaO3. The summed E-state index contributed by atoms with van der Waals surface area (Å²) in [5.41, 5.74) is 0. The zero-order chi connectivity index (χ0) is 7.28. The van der Waals surface area contributed by atoms with Crippen LogP contribution < -0.4 is 34.7 Å². The summed E-state index contributed by atoms with van der Waals surface area (Å²) >= 11 is 0. The van der Waals surface area contributed by atoms with E-state index >= 15 is 0 Å². The van der Waals surface area contributed by atoms with Gasteiger partial charge in [-0.3, -0.25) is 0 Å². The topological polar surface area (TPSA) is 60.4 Å². The standard InChI is InChI=1S/C6H12O3.Na/c1-2-5(7)3-4-6(8)9;/h5,7H,2-4H2,1H3,(H,8,9);/q;+1/p-1. The Hall–Kier alpha value is 0.430. The molecule has 0 saturated heterocycles. The Balaban J connectivity index is 0. The van der Waals surface area contributed by atoms with Gasteiger partial charge in [0, 0.05) is 5.97 Å². The number of aliphatic hydroxyl groups is 1. The summed E-state index contributed by atoms with van der Waals surface area (Å²) in [4.78, 5) is 9.80. The average Bonchev–Trinajstić information content (AvgIpc) is 1.83. The number of carbonyl (C=O) groups is 1. The Bertz CT molecular complexity index is 95.0. The fraction of sp³-hybridized carbons (Fsp3) is 0.833. The zero-order valence-corrected chi connectivity index (χ0v) is 8.46. The third-order valence-electron chi connectivity index (χ3n) is 1.15. The van der Waals surface area contributed by atoms with E-state index in [2.05, 4.69) is 0 Å². The van der Waals surface area contributed by atoms with Gasteiger partial charge in [0.1, 0.15) is 0 Å². The third kappa shape index (κ3) is 8.43. The molecular weight excluding hydrogens is 143 g/mol. The van der Waals surface area contributed by atoms with Crippen molar-refractivity contribution in [3.8, 4) is 0 Å². The fourth-order valence-electron chi connectivity index (χ4n) is 0.489. The first-order valence-corrected chi connectivity index (χ1v) is 3.04. The average molecular weight is 154 g/mol. The Morgan fingerprint density at radius 2 is 2.20 bits per heavy atom. The number of aliphatic carboxylic acids is 1. The predicted molar refractivity (Wildman–Crippen MR) is 30.5 cm³/mol. The van der Waals surface area contributed by atoms with Crippen molar-refractivity contribution in [1.82, 2.24) is 0 Å². The van der Waals surface area contributed by atoms with Gasteiger partial charge in [-0.2, -0.15) is 0 Å². The minimum Gasteiger partial charge on any atom is -0.550 e. The molecule has 0 aromatic rings. The number of aliphatic hydroxyl groups excluding tert-OH is 1. The van der Waals surface area contributed by atoms with Crippen molar-refractivity contribution in [1.29, 1.82) is 0 Å². The van der Waals surface area contributed by atoms with Crippen molar-refractivity contribution in [2.24, 2.45) is 0 Å². The molecule has 1 unspecified atom stereocenters.